The number of rotatable bonds is 3. The lowest BCUT2D eigenvalue weighted by atomic mass is 10.4. The van der Waals surface area contributed by atoms with Crippen molar-refractivity contribution in [2.45, 2.75) is 13.5 Å². The van der Waals surface area contributed by atoms with Crippen molar-refractivity contribution in [3.05, 3.63) is 22.5 Å². The highest BCUT2D eigenvalue weighted by Gasteiger charge is 2.12. The Morgan fingerprint density at radius 2 is 2.62 bits per heavy atom. The SMILES string of the molecule is CCn1cnc(C(N)=O)c1N=[N+]=[N-]. The van der Waals surface area contributed by atoms with Crippen LogP contribution in [0, 0.1) is 0 Å². The molecule has 0 unspecified atom stereocenters. The molecule has 0 aromatic carbocycles. The van der Waals surface area contributed by atoms with Crippen LogP contribution in [0.5, 0.6) is 0 Å². The van der Waals surface area contributed by atoms with Crippen molar-refractivity contribution in [1.82, 2.24) is 9.55 Å². The summed E-state index contributed by atoms with van der Waals surface area (Å²) in [6.45, 7) is 2.40. The predicted octanol–water partition coefficient (Wildman–Crippen LogP) is 0.944. The van der Waals surface area contributed by atoms with Gasteiger partial charge in [0, 0.05) is 11.5 Å². The number of aryl methyl sites for hydroxylation is 1. The second kappa shape index (κ2) is 3.59. The third-order valence-electron chi connectivity index (χ3n) is 1.52. The topological polar surface area (TPSA) is 110 Å². The summed E-state index contributed by atoms with van der Waals surface area (Å²) in [7, 11) is 0. The maximum atomic E-state index is 10.8. The number of carbonyl (C=O) groups excluding carboxylic acids is 1. The van der Waals surface area contributed by atoms with E-state index in [0.29, 0.717) is 6.54 Å². The molecule has 0 saturated carbocycles. The van der Waals surface area contributed by atoms with Crippen LogP contribution in [0.4, 0.5) is 5.82 Å². The third kappa shape index (κ3) is 1.60. The minimum Gasteiger partial charge on any atom is -0.364 e. The highest BCUT2D eigenvalue weighted by molar-refractivity contribution is 5.95. The zero-order chi connectivity index (χ0) is 9.84. The van der Waals surface area contributed by atoms with E-state index in [0.717, 1.165) is 0 Å². The number of nitrogens with zero attached hydrogens (tertiary/aromatic N) is 5. The predicted molar refractivity (Wildman–Crippen MR) is 45.2 cm³/mol. The average molecular weight is 180 g/mol. The Balaban J connectivity index is 3.29. The minimum atomic E-state index is -0.699. The van der Waals surface area contributed by atoms with Crippen LogP contribution in [-0.2, 0) is 6.54 Å². The van der Waals surface area contributed by atoms with Gasteiger partial charge in [-0.15, -0.1) is 0 Å². The molecule has 1 amide bonds. The molecule has 1 rings (SSSR count). The molecule has 0 fully saturated rings. The molecule has 0 aliphatic rings. The van der Waals surface area contributed by atoms with E-state index in [9.17, 15) is 4.79 Å². The van der Waals surface area contributed by atoms with Crippen molar-refractivity contribution < 1.29 is 4.79 Å². The number of nitrogens with two attached hydrogens (primary N) is 1. The van der Waals surface area contributed by atoms with E-state index in [2.05, 4.69) is 15.0 Å². The monoisotopic (exact) mass is 180 g/mol. The van der Waals surface area contributed by atoms with Crippen molar-refractivity contribution in [1.29, 1.82) is 0 Å². The van der Waals surface area contributed by atoms with E-state index in [4.69, 9.17) is 11.3 Å². The summed E-state index contributed by atoms with van der Waals surface area (Å²) < 4.78 is 1.54. The number of azide groups is 1. The molecule has 7 heteroatoms. The van der Waals surface area contributed by atoms with E-state index in [1.165, 1.54) is 6.33 Å². The van der Waals surface area contributed by atoms with E-state index in [1.807, 2.05) is 6.92 Å². The molecule has 0 saturated heterocycles. The molecule has 0 atom stereocenters. The van der Waals surface area contributed by atoms with Crippen molar-refractivity contribution in [2.75, 3.05) is 0 Å². The molecule has 7 nitrogen and oxygen atoms in total. The Morgan fingerprint density at radius 3 is 3.08 bits per heavy atom. The van der Waals surface area contributed by atoms with Gasteiger partial charge in [0.2, 0.25) is 0 Å². The number of primary amides is 1. The van der Waals surface area contributed by atoms with Gasteiger partial charge in [0.15, 0.2) is 5.69 Å². The average Bonchev–Trinajstić information content (AvgIpc) is 2.48. The quantitative estimate of drug-likeness (QED) is 0.424. The van der Waals surface area contributed by atoms with Crippen LogP contribution in [-0.4, -0.2) is 15.5 Å². The lowest BCUT2D eigenvalue weighted by molar-refractivity contribution is 0.0996. The third-order valence-corrected chi connectivity index (χ3v) is 1.52. The summed E-state index contributed by atoms with van der Waals surface area (Å²) in [5.41, 5.74) is 13.2. The van der Waals surface area contributed by atoms with Gasteiger partial charge in [0.05, 0.1) is 6.33 Å². The smallest absolute Gasteiger partial charge is 0.269 e. The lowest BCUT2D eigenvalue weighted by Crippen LogP contribution is -2.11. The normalized spacial score (nSPS) is 9.31. The molecule has 1 heterocycles. The van der Waals surface area contributed by atoms with Gasteiger partial charge in [-0.25, -0.2) is 4.98 Å². The van der Waals surface area contributed by atoms with Crippen LogP contribution in [0.2, 0.25) is 0 Å². The first-order valence-corrected chi connectivity index (χ1v) is 3.60. The van der Waals surface area contributed by atoms with Crippen molar-refractivity contribution >= 4 is 11.7 Å². The van der Waals surface area contributed by atoms with Gasteiger partial charge in [-0.1, -0.05) is 0 Å². The summed E-state index contributed by atoms with van der Waals surface area (Å²) in [5.74, 6) is -0.535. The molecular weight excluding hydrogens is 172 g/mol. The Kier molecular flexibility index (Phi) is 2.51. The maximum absolute atomic E-state index is 10.8. The Labute approximate surface area is 73.8 Å². The van der Waals surface area contributed by atoms with E-state index in [-0.39, 0.29) is 11.5 Å². The minimum absolute atomic E-state index is 0.000324. The van der Waals surface area contributed by atoms with Crippen LogP contribution in [0.3, 0.4) is 0 Å². The van der Waals surface area contributed by atoms with Gasteiger partial charge < -0.3 is 10.3 Å². The second-order valence-electron chi connectivity index (χ2n) is 2.26. The molecular formula is C6H8N6O. The number of carbonyl (C=O) groups is 1. The highest BCUT2D eigenvalue weighted by atomic mass is 16.1. The number of hydrogen-bond donors (Lipinski definition) is 1. The summed E-state index contributed by atoms with van der Waals surface area (Å²) in [4.78, 5) is 17.1. The summed E-state index contributed by atoms with van der Waals surface area (Å²) >= 11 is 0. The van der Waals surface area contributed by atoms with Crippen LogP contribution in [0.15, 0.2) is 11.4 Å². The van der Waals surface area contributed by atoms with Crippen molar-refractivity contribution in [3.8, 4) is 0 Å². The lowest BCUT2D eigenvalue weighted by Gasteiger charge is -1.98. The van der Waals surface area contributed by atoms with E-state index in [1.54, 1.807) is 4.57 Å². The van der Waals surface area contributed by atoms with Gasteiger partial charge in [0.25, 0.3) is 5.91 Å². The largest absolute Gasteiger partial charge is 0.364 e. The van der Waals surface area contributed by atoms with Crippen molar-refractivity contribution in [2.24, 2.45) is 10.8 Å². The van der Waals surface area contributed by atoms with Gasteiger partial charge >= 0.3 is 0 Å². The molecule has 1 aromatic rings. The van der Waals surface area contributed by atoms with Gasteiger partial charge in [-0.05, 0) is 17.6 Å². The van der Waals surface area contributed by atoms with E-state index >= 15 is 0 Å². The molecule has 2 N–H and O–H groups in total. The van der Waals surface area contributed by atoms with Gasteiger partial charge in [-0.3, -0.25) is 4.79 Å². The standard InChI is InChI=1S/C6H8N6O/c1-2-12-3-9-4(5(7)13)6(12)10-11-8/h3H,2H2,1H3,(H2,7,13). The summed E-state index contributed by atoms with van der Waals surface area (Å²) in [6, 6.07) is 0. The molecule has 0 radical (unpaired) electrons. The number of amides is 1. The molecule has 1 aromatic heterocycles. The maximum Gasteiger partial charge on any atom is 0.269 e. The molecule has 0 aliphatic heterocycles. The van der Waals surface area contributed by atoms with Crippen molar-refractivity contribution in [3.63, 3.8) is 0 Å². The first kappa shape index (κ1) is 9.08. The number of imidazole rings is 1. The van der Waals surface area contributed by atoms with Crippen LogP contribution < -0.4 is 5.73 Å². The molecule has 0 spiro atoms. The fourth-order valence-corrected chi connectivity index (χ4v) is 0.928. The second-order valence-corrected chi connectivity index (χ2v) is 2.26. The fraction of sp³-hybridized carbons (Fsp3) is 0.333. The molecule has 68 valence electrons. The fourth-order valence-electron chi connectivity index (χ4n) is 0.928. The molecule has 0 bridgehead atoms. The van der Waals surface area contributed by atoms with Gasteiger partial charge in [-0.2, -0.15) is 0 Å². The van der Waals surface area contributed by atoms with Gasteiger partial charge in [0.1, 0.15) is 5.82 Å². The van der Waals surface area contributed by atoms with Crippen LogP contribution in [0.25, 0.3) is 10.4 Å². The summed E-state index contributed by atoms with van der Waals surface area (Å²) in [5, 5.41) is 3.34. The number of aromatic nitrogens is 2. The highest BCUT2D eigenvalue weighted by Crippen LogP contribution is 2.17. The first-order chi connectivity index (χ1) is 6.20. The molecule has 13 heavy (non-hydrogen) atoms. The zero-order valence-corrected chi connectivity index (χ0v) is 7.01. The molecule has 0 aliphatic carbocycles. The zero-order valence-electron chi connectivity index (χ0n) is 7.01. The van der Waals surface area contributed by atoms with E-state index < -0.39 is 5.91 Å². The first-order valence-electron chi connectivity index (χ1n) is 3.60. The number of hydrogen-bond acceptors (Lipinski definition) is 3. The van der Waals surface area contributed by atoms with Crippen LogP contribution in [0.1, 0.15) is 17.4 Å². The Morgan fingerprint density at radius 1 is 1.92 bits per heavy atom. The summed E-state index contributed by atoms with van der Waals surface area (Å²) in [6.07, 6.45) is 1.41. The van der Waals surface area contributed by atoms with Crippen LogP contribution >= 0.6 is 0 Å². The Bertz CT molecular complexity index is 374. The Hall–Kier alpha value is -2.01.